The van der Waals surface area contributed by atoms with Gasteiger partial charge in [-0.1, -0.05) is 31.9 Å². The van der Waals surface area contributed by atoms with Crippen molar-refractivity contribution < 1.29 is 10.2 Å². The minimum atomic E-state index is -0.582. The minimum Gasteiger partial charge on any atom is -0.516 e. The molecule has 1 heterocycles. The molecule has 0 amide bonds. The zero-order valence-electron chi connectivity index (χ0n) is 13.9. The van der Waals surface area contributed by atoms with Crippen molar-refractivity contribution in [3.05, 3.63) is 35.6 Å². The molecular weight excluding hydrogens is 274 g/mol. The Morgan fingerprint density at radius 1 is 1.27 bits per heavy atom. The van der Waals surface area contributed by atoms with E-state index >= 15 is 0 Å². The molecule has 3 unspecified atom stereocenters. The SMILES string of the molecule is CC=C1/C(=C\C=C\O)CC2N(CC)CCC13CCCCC23O. The van der Waals surface area contributed by atoms with Crippen molar-refractivity contribution in [2.45, 2.75) is 64.0 Å². The highest BCUT2D eigenvalue weighted by Gasteiger charge is 2.63. The van der Waals surface area contributed by atoms with Gasteiger partial charge < -0.3 is 10.2 Å². The van der Waals surface area contributed by atoms with Gasteiger partial charge in [0, 0.05) is 11.5 Å². The third kappa shape index (κ3) is 2.02. The van der Waals surface area contributed by atoms with E-state index in [-0.39, 0.29) is 11.5 Å². The molecule has 2 aliphatic carbocycles. The Labute approximate surface area is 134 Å². The Morgan fingerprint density at radius 2 is 2.05 bits per heavy atom. The highest BCUT2D eigenvalue weighted by molar-refractivity contribution is 5.47. The van der Waals surface area contributed by atoms with Gasteiger partial charge in [0.2, 0.25) is 0 Å². The van der Waals surface area contributed by atoms with Crippen LogP contribution in [-0.4, -0.2) is 39.8 Å². The predicted octanol–water partition coefficient (Wildman–Crippen LogP) is 3.72. The maximum Gasteiger partial charge on any atom is 0.0901 e. The van der Waals surface area contributed by atoms with Gasteiger partial charge in [0.25, 0.3) is 0 Å². The Hall–Kier alpha value is -1.06. The average molecular weight is 303 g/mol. The summed E-state index contributed by atoms with van der Waals surface area (Å²) in [7, 11) is 0. The largest absolute Gasteiger partial charge is 0.516 e. The van der Waals surface area contributed by atoms with Crippen molar-refractivity contribution in [2.24, 2.45) is 5.41 Å². The summed E-state index contributed by atoms with van der Waals surface area (Å²) < 4.78 is 0. The fourth-order valence-corrected chi connectivity index (χ4v) is 5.48. The van der Waals surface area contributed by atoms with Gasteiger partial charge in [0.15, 0.2) is 0 Å². The van der Waals surface area contributed by atoms with E-state index in [4.69, 9.17) is 5.11 Å². The fraction of sp³-hybridized carbons (Fsp3) is 0.684. The first-order chi connectivity index (χ1) is 10.6. The Balaban J connectivity index is 2.12. The topological polar surface area (TPSA) is 43.7 Å². The van der Waals surface area contributed by atoms with Crippen LogP contribution in [0.3, 0.4) is 0 Å². The summed E-state index contributed by atoms with van der Waals surface area (Å²) in [5.41, 5.74) is 1.97. The summed E-state index contributed by atoms with van der Waals surface area (Å²) >= 11 is 0. The van der Waals surface area contributed by atoms with E-state index in [1.165, 1.54) is 17.6 Å². The molecule has 3 aliphatic rings. The molecule has 2 N–H and O–H groups in total. The van der Waals surface area contributed by atoms with Crippen LogP contribution in [-0.2, 0) is 0 Å². The van der Waals surface area contributed by atoms with Crippen LogP contribution in [0, 0.1) is 5.41 Å². The van der Waals surface area contributed by atoms with Crippen molar-refractivity contribution in [3.63, 3.8) is 0 Å². The minimum absolute atomic E-state index is 0.0796. The number of likely N-dealkylation sites (tertiary alicyclic amines) is 1. The third-order valence-electron chi connectivity index (χ3n) is 6.41. The van der Waals surface area contributed by atoms with Crippen molar-refractivity contribution in [1.82, 2.24) is 4.90 Å². The number of aliphatic hydroxyl groups is 2. The van der Waals surface area contributed by atoms with Crippen LogP contribution in [0.1, 0.15) is 52.4 Å². The maximum atomic E-state index is 11.7. The van der Waals surface area contributed by atoms with Gasteiger partial charge in [-0.25, -0.2) is 0 Å². The molecule has 1 saturated heterocycles. The number of aliphatic hydroxyl groups excluding tert-OH is 1. The van der Waals surface area contributed by atoms with Gasteiger partial charge in [-0.2, -0.15) is 0 Å². The molecule has 0 radical (unpaired) electrons. The first-order valence-electron chi connectivity index (χ1n) is 8.76. The molecule has 122 valence electrons. The normalized spacial score (nSPS) is 43.0. The molecule has 3 atom stereocenters. The Bertz CT molecular complexity index is 522. The quantitative estimate of drug-likeness (QED) is 0.764. The molecule has 3 rings (SSSR count). The van der Waals surface area contributed by atoms with Crippen LogP contribution in [0.5, 0.6) is 0 Å². The lowest BCUT2D eigenvalue weighted by Gasteiger charge is -2.64. The lowest BCUT2D eigenvalue weighted by atomic mass is 9.48. The van der Waals surface area contributed by atoms with Crippen LogP contribution < -0.4 is 0 Å². The average Bonchev–Trinajstić information content (AvgIpc) is 2.52. The predicted molar refractivity (Wildman–Crippen MR) is 89.7 cm³/mol. The summed E-state index contributed by atoms with van der Waals surface area (Å²) in [5.74, 6) is 0. The zero-order chi connectivity index (χ0) is 15.8. The van der Waals surface area contributed by atoms with E-state index in [0.29, 0.717) is 0 Å². The van der Waals surface area contributed by atoms with E-state index < -0.39 is 5.60 Å². The summed E-state index contributed by atoms with van der Waals surface area (Å²) in [4.78, 5) is 2.46. The number of piperidine rings is 1. The highest BCUT2D eigenvalue weighted by Crippen LogP contribution is 2.62. The molecule has 3 heteroatoms. The van der Waals surface area contributed by atoms with E-state index in [9.17, 15) is 5.11 Å². The number of likely N-dealkylation sites (N-methyl/N-ethyl adjacent to an activating group) is 1. The van der Waals surface area contributed by atoms with Gasteiger partial charge in [0.05, 0.1) is 11.9 Å². The van der Waals surface area contributed by atoms with Crippen molar-refractivity contribution in [3.8, 4) is 0 Å². The van der Waals surface area contributed by atoms with E-state index in [1.807, 2.05) is 6.08 Å². The van der Waals surface area contributed by atoms with Crippen LogP contribution in [0.2, 0.25) is 0 Å². The lowest BCUT2D eigenvalue weighted by Crippen LogP contribution is -2.70. The molecule has 22 heavy (non-hydrogen) atoms. The number of hydrogen-bond donors (Lipinski definition) is 2. The molecular formula is C19H29NO2. The van der Waals surface area contributed by atoms with Crippen molar-refractivity contribution >= 4 is 0 Å². The third-order valence-corrected chi connectivity index (χ3v) is 6.41. The molecule has 0 spiro atoms. The fourth-order valence-electron chi connectivity index (χ4n) is 5.48. The molecule has 2 saturated carbocycles. The highest BCUT2D eigenvalue weighted by atomic mass is 16.3. The standard InChI is InChI=1S/C19H29NO2/c1-3-16-15(8-7-13-21)14-17-19(22)10-6-5-9-18(16,19)11-12-20(17)4-2/h3,7-8,13,17,21-22H,4-6,9-12,14H2,1-2H3/b13-7+,15-8-,16-3?. The Kier molecular flexibility index (Phi) is 4.21. The van der Waals surface area contributed by atoms with Gasteiger partial charge in [0.1, 0.15) is 0 Å². The smallest absolute Gasteiger partial charge is 0.0901 e. The number of nitrogens with zero attached hydrogens (tertiary/aromatic N) is 1. The summed E-state index contributed by atoms with van der Waals surface area (Å²) in [5, 5.41) is 20.8. The summed E-state index contributed by atoms with van der Waals surface area (Å²) in [6, 6.07) is 0.216. The second-order valence-electron chi connectivity index (χ2n) is 7.05. The van der Waals surface area contributed by atoms with E-state index in [1.54, 1.807) is 6.08 Å². The first-order valence-corrected chi connectivity index (χ1v) is 8.76. The Morgan fingerprint density at radius 3 is 2.73 bits per heavy atom. The summed E-state index contributed by atoms with van der Waals surface area (Å²) in [6.07, 6.45) is 13.4. The molecule has 0 aromatic carbocycles. The van der Waals surface area contributed by atoms with Crippen LogP contribution in [0.4, 0.5) is 0 Å². The van der Waals surface area contributed by atoms with E-state index in [0.717, 1.165) is 51.5 Å². The molecule has 0 aromatic rings. The second kappa shape index (κ2) is 5.86. The second-order valence-corrected chi connectivity index (χ2v) is 7.05. The summed E-state index contributed by atoms with van der Waals surface area (Å²) in [6.45, 7) is 6.38. The van der Waals surface area contributed by atoms with E-state index in [2.05, 4.69) is 24.8 Å². The lowest BCUT2D eigenvalue weighted by molar-refractivity contribution is -0.185. The van der Waals surface area contributed by atoms with Gasteiger partial charge in [-0.05, 0) is 62.9 Å². The number of allylic oxidation sites excluding steroid dienone is 3. The molecule has 2 bridgehead atoms. The number of hydrogen-bond acceptors (Lipinski definition) is 3. The molecule has 3 nitrogen and oxygen atoms in total. The van der Waals surface area contributed by atoms with Crippen LogP contribution in [0.15, 0.2) is 35.6 Å². The van der Waals surface area contributed by atoms with Gasteiger partial charge in [-0.3, -0.25) is 4.90 Å². The molecule has 0 aromatic heterocycles. The van der Waals surface area contributed by atoms with Gasteiger partial charge in [-0.15, -0.1) is 0 Å². The van der Waals surface area contributed by atoms with Gasteiger partial charge >= 0.3 is 0 Å². The zero-order valence-corrected chi connectivity index (χ0v) is 13.9. The maximum absolute atomic E-state index is 11.7. The first kappa shape index (κ1) is 15.8. The monoisotopic (exact) mass is 303 g/mol. The number of rotatable bonds is 2. The van der Waals surface area contributed by atoms with Crippen molar-refractivity contribution in [1.29, 1.82) is 0 Å². The molecule has 3 fully saturated rings. The van der Waals surface area contributed by atoms with Crippen molar-refractivity contribution in [2.75, 3.05) is 13.1 Å². The van der Waals surface area contributed by atoms with Crippen LogP contribution in [0.25, 0.3) is 0 Å². The van der Waals surface area contributed by atoms with Crippen LogP contribution >= 0.6 is 0 Å². The molecule has 1 aliphatic heterocycles.